The summed E-state index contributed by atoms with van der Waals surface area (Å²) < 4.78 is 2.02. The second kappa shape index (κ2) is 4.80. The summed E-state index contributed by atoms with van der Waals surface area (Å²) in [5.74, 6) is -0.171. The van der Waals surface area contributed by atoms with E-state index in [1.165, 1.54) is 23.6 Å². The predicted octanol–water partition coefficient (Wildman–Crippen LogP) is 1.24. The van der Waals surface area contributed by atoms with Crippen molar-refractivity contribution in [3.05, 3.63) is 53.9 Å². The van der Waals surface area contributed by atoms with Crippen LogP contribution in [0.2, 0.25) is 0 Å². The number of rotatable bonds is 3. The second-order valence-corrected chi connectivity index (χ2v) is 5.73. The Balaban J connectivity index is 2.24. The smallest absolute Gasteiger partial charge is 0.293 e. The van der Waals surface area contributed by atoms with Crippen molar-refractivity contribution in [3.8, 4) is 0 Å². The van der Waals surface area contributed by atoms with Gasteiger partial charge in [-0.2, -0.15) is 0 Å². The lowest BCUT2D eigenvalue weighted by Gasteiger charge is -2.01. The molecule has 0 unspecified atom stereocenters. The molecule has 0 aliphatic carbocycles. The Labute approximate surface area is 108 Å². The number of hydrogen-bond acceptors (Lipinski definition) is 4. The number of hydrogen-bond donors (Lipinski definition) is 1. The Morgan fingerprint density at radius 3 is 2.71 bits per heavy atom. The van der Waals surface area contributed by atoms with Crippen LogP contribution in [0.25, 0.3) is 0 Å². The molecular formula is C10H7BrN2O3S. The summed E-state index contributed by atoms with van der Waals surface area (Å²) in [6.45, 7) is -0.0808. The Kier molecular flexibility index (Phi) is 3.39. The molecule has 0 radical (unpaired) electrons. The molecule has 2 aromatic rings. The molecule has 0 aliphatic heterocycles. The summed E-state index contributed by atoms with van der Waals surface area (Å²) >= 11 is 4.56. The summed E-state index contributed by atoms with van der Waals surface area (Å²) in [6, 6.07) is 4.67. The molecule has 0 amide bonds. The van der Waals surface area contributed by atoms with E-state index in [1.54, 1.807) is 12.1 Å². The van der Waals surface area contributed by atoms with Gasteiger partial charge in [-0.3, -0.25) is 19.1 Å². The van der Waals surface area contributed by atoms with Crippen molar-refractivity contribution in [2.75, 3.05) is 0 Å². The van der Waals surface area contributed by atoms with Crippen LogP contribution in [0.5, 0.6) is 0 Å². The summed E-state index contributed by atoms with van der Waals surface area (Å²) in [5.41, 5.74) is -1.06. The van der Waals surface area contributed by atoms with E-state index < -0.39 is 11.2 Å². The average Bonchev–Trinajstić information content (AvgIpc) is 2.69. The fraction of sp³-hybridized carbons (Fsp3) is 0.100. The third-order valence-corrected chi connectivity index (χ3v) is 3.72. The van der Waals surface area contributed by atoms with E-state index in [2.05, 4.69) is 20.9 Å². The predicted molar refractivity (Wildman–Crippen MR) is 67.7 cm³/mol. The molecule has 0 bridgehead atoms. The van der Waals surface area contributed by atoms with E-state index in [1.807, 2.05) is 0 Å². The van der Waals surface area contributed by atoms with Gasteiger partial charge in [0.2, 0.25) is 0 Å². The van der Waals surface area contributed by atoms with E-state index >= 15 is 0 Å². The zero-order chi connectivity index (χ0) is 12.4. The van der Waals surface area contributed by atoms with Crippen molar-refractivity contribution in [1.82, 2.24) is 9.55 Å². The quantitative estimate of drug-likeness (QED) is 0.866. The van der Waals surface area contributed by atoms with E-state index in [0.29, 0.717) is 4.88 Å². The molecule has 0 fully saturated rings. The molecule has 0 spiro atoms. The number of aromatic nitrogens is 2. The number of H-pyrrole nitrogens is 1. The summed E-state index contributed by atoms with van der Waals surface area (Å²) in [5, 5.41) is 0. The molecule has 0 aliphatic rings. The molecule has 88 valence electrons. The normalized spacial score (nSPS) is 10.4. The molecule has 2 aromatic heterocycles. The van der Waals surface area contributed by atoms with Crippen molar-refractivity contribution in [1.29, 1.82) is 0 Å². The minimum absolute atomic E-state index is 0.0808. The molecule has 0 atom stereocenters. The highest BCUT2D eigenvalue weighted by atomic mass is 79.9. The van der Waals surface area contributed by atoms with E-state index in [-0.39, 0.29) is 12.3 Å². The fourth-order valence-corrected chi connectivity index (χ4v) is 2.58. The minimum atomic E-state index is -0.582. The van der Waals surface area contributed by atoms with Crippen molar-refractivity contribution in [2.45, 2.75) is 6.54 Å². The van der Waals surface area contributed by atoms with Crippen LogP contribution in [0.3, 0.4) is 0 Å². The number of ketones is 1. The highest BCUT2D eigenvalue weighted by Crippen LogP contribution is 2.22. The Bertz CT molecular complexity index is 670. The van der Waals surface area contributed by atoms with E-state index in [9.17, 15) is 14.4 Å². The molecule has 1 N–H and O–H groups in total. The molecule has 7 heteroatoms. The number of nitrogens with one attached hydrogen (secondary N) is 1. The SMILES string of the molecule is O=C(Cn1ccc(=O)[nH]c1=O)c1ccc(Br)s1. The van der Waals surface area contributed by atoms with Crippen LogP contribution < -0.4 is 11.2 Å². The zero-order valence-electron chi connectivity index (χ0n) is 8.47. The van der Waals surface area contributed by atoms with Gasteiger partial charge in [0, 0.05) is 12.3 Å². The first-order valence-electron chi connectivity index (χ1n) is 4.64. The van der Waals surface area contributed by atoms with Crippen LogP contribution in [0.1, 0.15) is 9.67 Å². The zero-order valence-corrected chi connectivity index (χ0v) is 10.9. The number of carbonyl (C=O) groups is 1. The van der Waals surface area contributed by atoms with Crippen molar-refractivity contribution in [3.63, 3.8) is 0 Å². The standard InChI is InChI=1S/C10H7BrN2O3S/c11-8-2-1-7(17-8)6(14)5-13-4-3-9(15)12-10(13)16/h1-4H,5H2,(H,12,15,16). The number of aromatic amines is 1. The highest BCUT2D eigenvalue weighted by molar-refractivity contribution is 9.11. The van der Waals surface area contributed by atoms with Gasteiger partial charge in [-0.05, 0) is 28.1 Å². The van der Waals surface area contributed by atoms with Gasteiger partial charge in [-0.25, -0.2) is 4.79 Å². The van der Waals surface area contributed by atoms with Gasteiger partial charge in [-0.1, -0.05) is 0 Å². The first kappa shape index (κ1) is 12.0. The molecular weight excluding hydrogens is 308 g/mol. The van der Waals surface area contributed by atoms with E-state index in [0.717, 1.165) is 8.35 Å². The van der Waals surface area contributed by atoms with Crippen molar-refractivity contribution < 1.29 is 4.79 Å². The first-order chi connectivity index (χ1) is 8.06. The first-order valence-corrected chi connectivity index (χ1v) is 6.25. The lowest BCUT2D eigenvalue weighted by atomic mass is 10.3. The van der Waals surface area contributed by atoms with Gasteiger partial charge < -0.3 is 0 Å². The van der Waals surface area contributed by atoms with Gasteiger partial charge in [0.25, 0.3) is 5.56 Å². The van der Waals surface area contributed by atoms with Gasteiger partial charge in [0.05, 0.1) is 15.2 Å². The maximum atomic E-state index is 11.8. The van der Waals surface area contributed by atoms with Crippen molar-refractivity contribution in [2.24, 2.45) is 0 Å². The molecule has 17 heavy (non-hydrogen) atoms. The lowest BCUT2D eigenvalue weighted by molar-refractivity contribution is 0.0974. The molecule has 5 nitrogen and oxygen atoms in total. The fourth-order valence-electron chi connectivity index (χ4n) is 1.27. The van der Waals surface area contributed by atoms with Crippen molar-refractivity contribution >= 4 is 33.0 Å². The molecule has 0 saturated heterocycles. The van der Waals surface area contributed by atoms with E-state index in [4.69, 9.17) is 0 Å². The van der Waals surface area contributed by atoms with Crippen LogP contribution in [-0.2, 0) is 6.54 Å². The number of carbonyl (C=O) groups excluding carboxylic acids is 1. The van der Waals surface area contributed by atoms with Gasteiger partial charge in [-0.15, -0.1) is 11.3 Å². The number of halogens is 1. The van der Waals surface area contributed by atoms with Crippen LogP contribution in [-0.4, -0.2) is 15.3 Å². The van der Waals surface area contributed by atoms with Gasteiger partial charge >= 0.3 is 5.69 Å². The Morgan fingerprint density at radius 1 is 1.35 bits per heavy atom. The summed E-state index contributed by atoms with van der Waals surface area (Å²) in [7, 11) is 0. The third kappa shape index (κ3) is 2.80. The molecule has 0 saturated carbocycles. The number of nitrogens with zero attached hydrogens (tertiary/aromatic N) is 1. The number of thiophene rings is 1. The average molecular weight is 315 g/mol. The molecule has 2 heterocycles. The Morgan fingerprint density at radius 2 is 2.12 bits per heavy atom. The maximum absolute atomic E-state index is 11.8. The Hall–Kier alpha value is -1.47. The summed E-state index contributed by atoms with van der Waals surface area (Å²) in [4.78, 5) is 36.7. The van der Waals surface area contributed by atoms with Gasteiger partial charge in [0.1, 0.15) is 0 Å². The number of Topliss-reactive ketones (excluding diaryl/α,β-unsaturated/α-hetero) is 1. The summed E-state index contributed by atoms with van der Waals surface area (Å²) in [6.07, 6.45) is 1.31. The molecule has 2 rings (SSSR count). The third-order valence-electron chi connectivity index (χ3n) is 2.06. The highest BCUT2D eigenvalue weighted by Gasteiger charge is 2.10. The lowest BCUT2D eigenvalue weighted by Crippen LogP contribution is -2.30. The van der Waals surface area contributed by atoms with Gasteiger partial charge in [0.15, 0.2) is 5.78 Å². The van der Waals surface area contributed by atoms with Crippen LogP contribution in [0.4, 0.5) is 0 Å². The minimum Gasteiger partial charge on any atom is -0.293 e. The molecule has 0 aromatic carbocycles. The van der Waals surface area contributed by atoms with Crippen LogP contribution in [0.15, 0.2) is 37.8 Å². The van der Waals surface area contributed by atoms with Crippen LogP contribution in [0, 0.1) is 0 Å². The monoisotopic (exact) mass is 314 g/mol. The topological polar surface area (TPSA) is 71.9 Å². The van der Waals surface area contributed by atoms with Crippen LogP contribution >= 0.6 is 27.3 Å². The largest absolute Gasteiger partial charge is 0.328 e. The second-order valence-electron chi connectivity index (χ2n) is 3.26. The maximum Gasteiger partial charge on any atom is 0.328 e.